The van der Waals surface area contributed by atoms with Crippen molar-refractivity contribution in [2.45, 2.75) is 37.9 Å². The zero-order valence-corrected chi connectivity index (χ0v) is 11.7. The van der Waals surface area contributed by atoms with Crippen LogP contribution in [0.1, 0.15) is 40.1 Å². The number of ether oxygens (including phenoxy) is 1. The van der Waals surface area contributed by atoms with Gasteiger partial charge < -0.3 is 4.74 Å². The average Bonchev–Trinajstić information content (AvgIpc) is 2.92. The SMILES string of the molecule is N#Cc1csc2c1C1(CCC2)Cc2ncncc2CO1. The summed E-state index contributed by atoms with van der Waals surface area (Å²) in [6.07, 6.45) is 7.32. The minimum absolute atomic E-state index is 0.347. The highest BCUT2D eigenvalue weighted by atomic mass is 32.1. The first-order valence-corrected chi connectivity index (χ1v) is 7.63. The van der Waals surface area contributed by atoms with Gasteiger partial charge in [0.2, 0.25) is 0 Å². The van der Waals surface area contributed by atoms with Gasteiger partial charge >= 0.3 is 0 Å². The van der Waals surface area contributed by atoms with E-state index >= 15 is 0 Å². The molecule has 2 aliphatic rings. The molecule has 20 heavy (non-hydrogen) atoms. The quantitative estimate of drug-likeness (QED) is 0.746. The van der Waals surface area contributed by atoms with Gasteiger partial charge in [-0.2, -0.15) is 5.26 Å². The maximum atomic E-state index is 9.37. The molecular formula is C15H13N3OS. The first kappa shape index (κ1) is 12.0. The molecule has 0 bridgehead atoms. The maximum absolute atomic E-state index is 9.37. The van der Waals surface area contributed by atoms with Gasteiger partial charge in [-0.25, -0.2) is 9.97 Å². The Morgan fingerprint density at radius 1 is 1.45 bits per heavy atom. The van der Waals surface area contributed by atoms with Gasteiger partial charge in [0.05, 0.1) is 17.9 Å². The van der Waals surface area contributed by atoms with E-state index in [4.69, 9.17) is 4.74 Å². The molecule has 0 amide bonds. The van der Waals surface area contributed by atoms with E-state index in [9.17, 15) is 5.26 Å². The number of hydrogen-bond acceptors (Lipinski definition) is 5. The molecule has 0 aromatic carbocycles. The van der Waals surface area contributed by atoms with E-state index in [0.717, 1.165) is 48.1 Å². The van der Waals surface area contributed by atoms with Crippen LogP contribution < -0.4 is 0 Å². The fourth-order valence-electron chi connectivity index (χ4n) is 3.35. The van der Waals surface area contributed by atoms with E-state index in [1.165, 1.54) is 4.88 Å². The van der Waals surface area contributed by atoms with Crippen molar-refractivity contribution in [2.75, 3.05) is 0 Å². The summed E-state index contributed by atoms with van der Waals surface area (Å²) in [4.78, 5) is 9.78. The lowest BCUT2D eigenvalue weighted by Gasteiger charge is -2.40. The molecule has 1 atom stereocenters. The molecule has 0 fully saturated rings. The van der Waals surface area contributed by atoms with Crippen molar-refractivity contribution in [1.82, 2.24) is 9.97 Å². The van der Waals surface area contributed by atoms with Gasteiger partial charge in [-0.1, -0.05) is 0 Å². The first-order valence-electron chi connectivity index (χ1n) is 6.75. The van der Waals surface area contributed by atoms with Crippen molar-refractivity contribution in [3.05, 3.63) is 45.2 Å². The minimum atomic E-state index is -0.347. The predicted molar refractivity (Wildman–Crippen MR) is 74.2 cm³/mol. The van der Waals surface area contributed by atoms with E-state index in [1.807, 2.05) is 11.6 Å². The lowest BCUT2D eigenvalue weighted by molar-refractivity contribution is -0.0852. The van der Waals surface area contributed by atoms with Crippen LogP contribution in [-0.4, -0.2) is 9.97 Å². The molecule has 1 aliphatic heterocycles. The highest BCUT2D eigenvalue weighted by Gasteiger charge is 2.43. The van der Waals surface area contributed by atoms with Crippen molar-refractivity contribution in [1.29, 1.82) is 5.26 Å². The molecule has 0 radical (unpaired) electrons. The summed E-state index contributed by atoms with van der Waals surface area (Å²) in [5.74, 6) is 0. The molecule has 0 saturated carbocycles. The molecular weight excluding hydrogens is 270 g/mol. The number of rotatable bonds is 0. The van der Waals surface area contributed by atoms with Gasteiger partial charge in [-0.05, 0) is 19.3 Å². The van der Waals surface area contributed by atoms with Gasteiger partial charge in [0, 0.05) is 34.0 Å². The van der Waals surface area contributed by atoms with Crippen LogP contribution in [0.4, 0.5) is 0 Å². The van der Waals surface area contributed by atoms with Crippen LogP contribution >= 0.6 is 11.3 Å². The number of nitrogens with zero attached hydrogens (tertiary/aromatic N) is 3. The number of thiophene rings is 1. The second-order valence-electron chi connectivity index (χ2n) is 5.37. The van der Waals surface area contributed by atoms with E-state index in [-0.39, 0.29) is 5.60 Å². The number of aromatic nitrogens is 2. The molecule has 5 heteroatoms. The van der Waals surface area contributed by atoms with Gasteiger partial charge in [0.15, 0.2) is 0 Å². The largest absolute Gasteiger partial charge is 0.365 e. The van der Waals surface area contributed by atoms with Crippen molar-refractivity contribution in [2.24, 2.45) is 0 Å². The third-order valence-electron chi connectivity index (χ3n) is 4.27. The molecule has 4 rings (SSSR count). The summed E-state index contributed by atoms with van der Waals surface area (Å²) in [7, 11) is 0. The zero-order valence-electron chi connectivity index (χ0n) is 10.9. The number of nitriles is 1. The average molecular weight is 283 g/mol. The highest BCUT2D eigenvalue weighted by molar-refractivity contribution is 7.10. The van der Waals surface area contributed by atoms with Crippen LogP contribution in [0.3, 0.4) is 0 Å². The Kier molecular flexibility index (Phi) is 2.62. The van der Waals surface area contributed by atoms with Gasteiger partial charge in [-0.3, -0.25) is 0 Å². The molecule has 2 aromatic heterocycles. The predicted octanol–water partition coefficient (Wildman–Crippen LogP) is 2.71. The zero-order chi connectivity index (χ0) is 13.6. The Balaban J connectivity index is 1.85. The molecule has 1 aliphatic carbocycles. The Hall–Kier alpha value is -1.77. The molecule has 4 nitrogen and oxygen atoms in total. The van der Waals surface area contributed by atoms with Crippen molar-refractivity contribution in [3.8, 4) is 6.07 Å². The molecule has 1 unspecified atom stereocenters. The highest BCUT2D eigenvalue weighted by Crippen LogP contribution is 2.47. The first-order chi connectivity index (χ1) is 9.82. The molecule has 0 N–H and O–H groups in total. The Morgan fingerprint density at radius 3 is 3.30 bits per heavy atom. The Morgan fingerprint density at radius 2 is 2.40 bits per heavy atom. The van der Waals surface area contributed by atoms with Crippen LogP contribution in [0.2, 0.25) is 0 Å². The summed E-state index contributed by atoms with van der Waals surface area (Å²) in [6.45, 7) is 0.538. The van der Waals surface area contributed by atoms with Crippen LogP contribution in [0.25, 0.3) is 0 Å². The molecule has 1 spiro atoms. The van der Waals surface area contributed by atoms with Crippen molar-refractivity contribution >= 4 is 11.3 Å². The Labute approximate surface area is 121 Å². The van der Waals surface area contributed by atoms with Gasteiger partial charge in [0.1, 0.15) is 18.0 Å². The van der Waals surface area contributed by atoms with Crippen molar-refractivity contribution in [3.63, 3.8) is 0 Å². The third-order valence-corrected chi connectivity index (χ3v) is 5.31. The topological polar surface area (TPSA) is 58.8 Å². The Bertz CT molecular complexity index is 718. The second kappa shape index (κ2) is 4.37. The summed E-state index contributed by atoms with van der Waals surface area (Å²) in [6, 6.07) is 2.33. The normalized spacial score (nSPS) is 23.9. The van der Waals surface area contributed by atoms with Crippen LogP contribution in [0.5, 0.6) is 0 Å². The van der Waals surface area contributed by atoms with Crippen LogP contribution in [0, 0.1) is 11.3 Å². The number of hydrogen-bond donors (Lipinski definition) is 0. The number of aryl methyl sites for hydroxylation is 1. The van der Waals surface area contributed by atoms with Crippen molar-refractivity contribution < 1.29 is 4.74 Å². The fourth-order valence-corrected chi connectivity index (χ4v) is 4.45. The maximum Gasteiger partial charge on any atom is 0.115 e. The summed E-state index contributed by atoms with van der Waals surface area (Å²) in [5, 5.41) is 11.3. The van der Waals surface area contributed by atoms with Gasteiger partial charge in [0.25, 0.3) is 0 Å². The summed E-state index contributed by atoms with van der Waals surface area (Å²) >= 11 is 1.69. The molecule has 2 aromatic rings. The summed E-state index contributed by atoms with van der Waals surface area (Å²) in [5.41, 5.74) is 3.69. The van der Waals surface area contributed by atoms with Crippen LogP contribution in [0.15, 0.2) is 17.9 Å². The molecule has 0 saturated heterocycles. The fraction of sp³-hybridized carbons (Fsp3) is 0.400. The van der Waals surface area contributed by atoms with E-state index in [1.54, 1.807) is 17.7 Å². The third kappa shape index (κ3) is 1.62. The minimum Gasteiger partial charge on any atom is -0.365 e. The van der Waals surface area contributed by atoms with Crippen LogP contribution in [-0.2, 0) is 29.8 Å². The monoisotopic (exact) mass is 283 g/mol. The smallest absolute Gasteiger partial charge is 0.115 e. The lowest BCUT2D eigenvalue weighted by atomic mass is 9.76. The van der Waals surface area contributed by atoms with E-state index < -0.39 is 0 Å². The second-order valence-corrected chi connectivity index (χ2v) is 6.33. The molecule has 3 heterocycles. The van der Waals surface area contributed by atoms with E-state index in [0.29, 0.717) is 6.61 Å². The summed E-state index contributed by atoms with van der Waals surface area (Å²) < 4.78 is 6.24. The standard InChI is InChI=1S/C15H13N3OS/c16-5-10-8-20-13-2-1-3-15(14(10)13)4-12-11(7-19-15)6-17-9-18-12/h6,8-9H,1-4,7H2. The molecule has 100 valence electrons. The lowest BCUT2D eigenvalue weighted by Crippen LogP contribution is -2.39. The number of fused-ring (bicyclic) bond motifs is 3. The van der Waals surface area contributed by atoms with Gasteiger partial charge in [-0.15, -0.1) is 11.3 Å². The van der Waals surface area contributed by atoms with E-state index in [2.05, 4.69) is 16.0 Å².